The van der Waals surface area contributed by atoms with E-state index in [1.54, 1.807) is 12.1 Å². The summed E-state index contributed by atoms with van der Waals surface area (Å²) in [6.07, 6.45) is 1.18. The van der Waals surface area contributed by atoms with Gasteiger partial charge in [-0.15, -0.1) is 0 Å². The number of ketones is 1. The van der Waals surface area contributed by atoms with E-state index in [9.17, 15) is 4.79 Å². The molecule has 16 heavy (non-hydrogen) atoms. The minimum Gasteiger partial charge on any atom is -0.493 e. The third-order valence-corrected chi connectivity index (χ3v) is 1.89. The van der Waals surface area contributed by atoms with E-state index in [0.717, 1.165) is 0 Å². The van der Waals surface area contributed by atoms with Crippen molar-refractivity contribution in [2.75, 3.05) is 13.7 Å². The molecule has 0 amide bonds. The average molecular weight is 217 g/mol. The fraction of sp³-hybridized carbons (Fsp3) is 0.167. The lowest BCUT2D eigenvalue weighted by atomic mass is 10.2. The van der Waals surface area contributed by atoms with Crippen molar-refractivity contribution >= 4 is 5.78 Å². The van der Waals surface area contributed by atoms with Gasteiger partial charge < -0.3 is 9.47 Å². The quantitative estimate of drug-likeness (QED) is 0.704. The van der Waals surface area contributed by atoms with E-state index in [1.165, 1.54) is 19.3 Å². The van der Waals surface area contributed by atoms with E-state index in [0.29, 0.717) is 17.1 Å². The van der Waals surface area contributed by atoms with Gasteiger partial charge in [0.25, 0.3) is 0 Å². The molecule has 0 fully saturated rings. The molecular weight excluding hydrogens is 206 g/mol. The molecule has 0 saturated heterocycles. The first-order chi connectivity index (χ1) is 7.71. The second-order valence-corrected chi connectivity index (χ2v) is 2.94. The molecule has 82 valence electrons. The van der Waals surface area contributed by atoms with Gasteiger partial charge in [-0.1, -0.05) is 6.58 Å². The number of hydrogen-bond acceptors (Lipinski definition) is 4. The van der Waals surface area contributed by atoms with Gasteiger partial charge in [-0.05, 0) is 18.2 Å². The van der Waals surface area contributed by atoms with Crippen molar-refractivity contribution < 1.29 is 14.3 Å². The summed E-state index contributed by atoms with van der Waals surface area (Å²) in [7, 11) is 1.49. The Morgan fingerprint density at radius 2 is 2.31 bits per heavy atom. The monoisotopic (exact) mass is 217 g/mol. The van der Waals surface area contributed by atoms with E-state index in [4.69, 9.17) is 14.7 Å². The first kappa shape index (κ1) is 11.8. The number of hydrogen-bond donors (Lipinski definition) is 0. The smallest absolute Gasteiger partial charge is 0.192 e. The highest BCUT2D eigenvalue weighted by atomic mass is 16.5. The fourth-order valence-corrected chi connectivity index (χ4v) is 1.07. The van der Waals surface area contributed by atoms with E-state index in [1.807, 2.05) is 6.07 Å². The third kappa shape index (κ3) is 2.85. The molecule has 0 radical (unpaired) electrons. The van der Waals surface area contributed by atoms with Crippen molar-refractivity contribution in [2.45, 2.75) is 0 Å². The molecule has 0 heterocycles. The highest BCUT2D eigenvalue weighted by molar-refractivity contribution is 5.90. The van der Waals surface area contributed by atoms with E-state index >= 15 is 0 Å². The second-order valence-electron chi connectivity index (χ2n) is 2.94. The number of nitriles is 1. The highest BCUT2D eigenvalue weighted by Gasteiger charge is 2.07. The van der Waals surface area contributed by atoms with Gasteiger partial charge >= 0.3 is 0 Å². The molecule has 0 aliphatic rings. The van der Waals surface area contributed by atoms with E-state index in [2.05, 4.69) is 6.58 Å². The number of rotatable bonds is 5. The summed E-state index contributed by atoms with van der Waals surface area (Å²) in [5.41, 5.74) is 0.446. The molecule has 0 aliphatic carbocycles. The van der Waals surface area contributed by atoms with Crippen LogP contribution in [0, 0.1) is 11.3 Å². The normalized spacial score (nSPS) is 9.00. The van der Waals surface area contributed by atoms with Gasteiger partial charge in [-0.2, -0.15) is 5.26 Å². The minimum atomic E-state index is -0.232. The molecule has 0 bridgehead atoms. The van der Waals surface area contributed by atoms with Crippen LogP contribution in [0.1, 0.15) is 5.56 Å². The zero-order valence-corrected chi connectivity index (χ0v) is 8.90. The van der Waals surface area contributed by atoms with Crippen molar-refractivity contribution in [3.63, 3.8) is 0 Å². The zero-order valence-electron chi connectivity index (χ0n) is 8.90. The summed E-state index contributed by atoms with van der Waals surface area (Å²) < 4.78 is 10.3. The lowest BCUT2D eigenvalue weighted by molar-refractivity contribution is -0.116. The van der Waals surface area contributed by atoms with Crippen molar-refractivity contribution in [2.24, 2.45) is 0 Å². The molecule has 4 nitrogen and oxygen atoms in total. The van der Waals surface area contributed by atoms with Crippen molar-refractivity contribution in [3.05, 3.63) is 36.4 Å². The Bertz CT molecular complexity index is 446. The predicted molar refractivity (Wildman–Crippen MR) is 58.4 cm³/mol. The maximum atomic E-state index is 11.0. The molecule has 0 atom stereocenters. The zero-order chi connectivity index (χ0) is 12.0. The Balaban J connectivity index is 2.88. The van der Waals surface area contributed by atoms with Crippen LogP contribution in [0.15, 0.2) is 30.9 Å². The van der Waals surface area contributed by atoms with Crippen LogP contribution in [-0.4, -0.2) is 19.5 Å². The minimum absolute atomic E-state index is 0.116. The van der Waals surface area contributed by atoms with Crippen LogP contribution in [0.3, 0.4) is 0 Å². The molecule has 1 aromatic carbocycles. The highest BCUT2D eigenvalue weighted by Crippen LogP contribution is 2.27. The summed E-state index contributed by atoms with van der Waals surface area (Å²) in [5, 5.41) is 8.72. The van der Waals surface area contributed by atoms with Crippen molar-refractivity contribution in [3.8, 4) is 17.6 Å². The predicted octanol–water partition coefficient (Wildman–Crippen LogP) is 1.70. The Labute approximate surface area is 93.7 Å². The molecule has 1 aromatic rings. The van der Waals surface area contributed by atoms with Crippen LogP contribution in [-0.2, 0) is 4.79 Å². The first-order valence-electron chi connectivity index (χ1n) is 4.57. The van der Waals surface area contributed by atoms with Gasteiger partial charge in [-0.3, -0.25) is 4.79 Å². The Hall–Kier alpha value is -2.28. The number of nitrogens with zero attached hydrogens (tertiary/aromatic N) is 1. The Morgan fingerprint density at radius 1 is 1.56 bits per heavy atom. The summed E-state index contributed by atoms with van der Waals surface area (Å²) in [6.45, 7) is 3.22. The molecule has 0 spiro atoms. The molecule has 0 aliphatic heterocycles. The molecule has 0 N–H and O–H groups in total. The lowest BCUT2D eigenvalue weighted by Crippen LogP contribution is -2.08. The lowest BCUT2D eigenvalue weighted by Gasteiger charge is -2.09. The number of methoxy groups -OCH3 is 1. The Kier molecular flexibility index (Phi) is 4.10. The van der Waals surface area contributed by atoms with E-state index < -0.39 is 0 Å². The summed E-state index contributed by atoms with van der Waals surface area (Å²) >= 11 is 0. The number of benzene rings is 1. The SMILES string of the molecule is C=CC(=O)COc1cc(C#N)ccc1OC. The van der Waals surface area contributed by atoms with Gasteiger partial charge in [0.15, 0.2) is 23.9 Å². The standard InChI is InChI=1S/C12H11NO3/c1-3-10(14)8-16-12-6-9(7-13)4-5-11(12)15-2/h3-6H,1,8H2,2H3. The van der Waals surface area contributed by atoms with Crippen molar-refractivity contribution in [1.29, 1.82) is 5.26 Å². The van der Waals surface area contributed by atoms with Gasteiger partial charge in [0, 0.05) is 6.07 Å². The maximum absolute atomic E-state index is 11.0. The van der Waals surface area contributed by atoms with Gasteiger partial charge in [0.05, 0.1) is 18.7 Å². The molecule has 1 rings (SSSR count). The third-order valence-electron chi connectivity index (χ3n) is 1.89. The number of ether oxygens (including phenoxy) is 2. The summed E-state index contributed by atoms with van der Waals surface area (Å²) in [5.74, 6) is 0.622. The summed E-state index contributed by atoms with van der Waals surface area (Å²) in [4.78, 5) is 11.0. The number of carbonyl (C=O) groups is 1. The molecular formula is C12H11NO3. The first-order valence-corrected chi connectivity index (χ1v) is 4.57. The number of carbonyl (C=O) groups excluding carboxylic acids is 1. The van der Waals surface area contributed by atoms with Gasteiger partial charge in [0.1, 0.15) is 0 Å². The fourth-order valence-electron chi connectivity index (χ4n) is 1.07. The van der Waals surface area contributed by atoms with Crippen LogP contribution in [0.4, 0.5) is 0 Å². The topological polar surface area (TPSA) is 59.3 Å². The Morgan fingerprint density at radius 3 is 2.88 bits per heavy atom. The second kappa shape index (κ2) is 5.56. The molecule has 4 heteroatoms. The molecule has 0 aromatic heterocycles. The van der Waals surface area contributed by atoms with Crippen LogP contribution in [0.5, 0.6) is 11.5 Å². The van der Waals surface area contributed by atoms with Gasteiger partial charge in [0.2, 0.25) is 0 Å². The van der Waals surface area contributed by atoms with Crippen LogP contribution < -0.4 is 9.47 Å². The average Bonchev–Trinajstić information content (AvgIpc) is 2.35. The molecule has 0 saturated carbocycles. The summed E-state index contributed by atoms with van der Waals surface area (Å²) in [6, 6.07) is 6.73. The van der Waals surface area contributed by atoms with Gasteiger partial charge in [-0.25, -0.2) is 0 Å². The largest absolute Gasteiger partial charge is 0.493 e. The molecule has 0 unspecified atom stereocenters. The van der Waals surface area contributed by atoms with Crippen molar-refractivity contribution in [1.82, 2.24) is 0 Å². The van der Waals surface area contributed by atoms with E-state index in [-0.39, 0.29) is 12.4 Å². The van der Waals surface area contributed by atoms with Crippen LogP contribution >= 0.6 is 0 Å². The van der Waals surface area contributed by atoms with Crippen LogP contribution in [0.25, 0.3) is 0 Å². The maximum Gasteiger partial charge on any atom is 0.192 e. The van der Waals surface area contributed by atoms with Crippen LogP contribution in [0.2, 0.25) is 0 Å².